The highest BCUT2D eigenvalue weighted by molar-refractivity contribution is 5.20. The molecule has 0 unspecified atom stereocenters. The Hall–Kier alpha value is -0.990. The van der Waals surface area contributed by atoms with Gasteiger partial charge in [0.15, 0.2) is 0 Å². The molecule has 3 heteroatoms. The van der Waals surface area contributed by atoms with Crippen molar-refractivity contribution in [1.82, 2.24) is 9.78 Å². The third-order valence-electron chi connectivity index (χ3n) is 1.43. The number of hydrogen-bond acceptors (Lipinski definition) is 2. The Labute approximate surface area is 60.3 Å². The van der Waals surface area contributed by atoms with E-state index in [1.807, 2.05) is 20.8 Å². The quantitative estimate of drug-likeness (QED) is 0.641. The van der Waals surface area contributed by atoms with Gasteiger partial charge in [-0.3, -0.25) is 0 Å². The molecule has 0 fully saturated rings. The van der Waals surface area contributed by atoms with Crippen LogP contribution in [-0.2, 0) is 0 Å². The minimum Gasteiger partial charge on any atom is -0.493 e. The van der Waals surface area contributed by atoms with Gasteiger partial charge in [0, 0.05) is 5.56 Å². The van der Waals surface area contributed by atoms with Gasteiger partial charge in [-0.15, -0.1) is 0 Å². The van der Waals surface area contributed by atoms with E-state index in [9.17, 15) is 5.11 Å². The number of aryl methyl sites for hydroxylation is 1. The van der Waals surface area contributed by atoms with Gasteiger partial charge in [-0.1, -0.05) is 0 Å². The zero-order valence-corrected chi connectivity index (χ0v) is 6.50. The lowest BCUT2D eigenvalue weighted by Crippen LogP contribution is -2.01. The highest BCUT2D eigenvalue weighted by Gasteiger charge is 2.06. The number of hydrogen-bond donors (Lipinski definition) is 1. The third kappa shape index (κ3) is 0.988. The average Bonchev–Trinajstić information content (AvgIpc) is 2.14. The van der Waals surface area contributed by atoms with Crippen molar-refractivity contribution in [3.63, 3.8) is 0 Å². The highest BCUT2D eigenvalue weighted by Crippen LogP contribution is 2.18. The average molecular weight is 140 g/mol. The first-order valence-corrected chi connectivity index (χ1v) is 3.36. The molecule has 0 spiro atoms. The van der Waals surface area contributed by atoms with Crippen molar-refractivity contribution in [3.8, 4) is 5.88 Å². The lowest BCUT2D eigenvalue weighted by molar-refractivity contribution is 0.375. The SMILES string of the molecule is Cc1cnn(C(C)C)c1O. The van der Waals surface area contributed by atoms with Crippen molar-refractivity contribution in [2.24, 2.45) is 0 Å². The summed E-state index contributed by atoms with van der Waals surface area (Å²) in [6.07, 6.45) is 1.66. The maximum atomic E-state index is 9.31. The van der Waals surface area contributed by atoms with Gasteiger partial charge in [-0.25, -0.2) is 4.68 Å². The van der Waals surface area contributed by atoms with Crippen LogP contribution in [0.15, 0.2) is 6.20 Å². The van der Waals surface area contributed by atoms with Crippen LogP contribution in [-0.4, -0.2) is 14.9 Å². The first-order chi connectivity index (χ1) is 4.63. The molecule has 0 aromatic carbocycles. The second-order valence-corrected chi connectivity index (χ2v) is 2.69. The topological polar surface area (TPSA) is 38.0 Å². The van der Waals surface area contributed by atoms with Gasteiger partial charge in [-0.2, -0.15) is 5.10 Å². The summed E-state index contributed by atoms with van der Waals surface area (Å²) in [5, 5.41) is 13.3. The second-order valence-electron chi connectivity index (χ2n) is 2.69. The van der Waals surface area contributed by atoms with Crippen LogP contribution >= 0.6 is 0 Å². The fourth-order valence-electron chi connectivity index (χ4n) is 0.820. The monoisotopic (exact) mass is 140 g/mol. The van der Waals surface area contributed by atoms with E-state index < -0.39 is 0 Å². The number of nitrogens with zero attached hydrogens (tertiary/aromatic N) is 2. The van der Waals surface area contributed by atoms with E-state index in [4.69, 9.17) is 0 Å². The molecule has 56 valence electrons. The van der Waals surface area contributed by atoms with E-state index in [0.29, 0.717) is 0 Å². The summed E-state index contributed by atoms with van der Waals surface area (Å²) >= 11 is 0. The standard InChI is InChI=1S/C7H12N2O/c1-5(2)9-7(10)6(3)4-8-9/h4-5,10H,1-3H3. The summed E-state index contributed by atoms with van der Waals surface area (Å²) in [5.74, 6) is 0.273. The van der Waals surface area contributed by atoms with E-state index in [2.05, 4.69) is 5.10 Å². The van der Waals surface area contributed by atoms with Gasteiger partial charge in [0.05, 0.1) is 12.2 Å². The van der Waals surface area contributed by atoms with Gasteiger partial charge >= 0.3 is 0 Å². The molecule has 0 aliphatic heterocycles. The van der Waals surface area contributed by atoms with Crippen molar-refractivity contribution in [2.45, 2.75) is 26.8 Å². The fraction of sp³-hybridized carbons (Fsp3) is 0.571. The Morgan fingerprint density at radius 3 is 2.40 bits per heavy atom. The van der Waals surface area contributed by atoms with Crippen molar-refractivity contribution >= 4 is 0 Å². The highest BCUT2D eigenvalue weighted by atomic mass is 16.3. The molecule has 1 aromatic heterocycles. The van der Waals surface area contributed by atoms with Gasteiger partial charge in [0.1, 0.15) is 0 Å². The third-order valence-corrected chi connectivity index (χ3v) is 1.43. The van der Waals surface area contributed by atoms with E-state index in [-0.39, 0.29) is 11.9 Å². The molecule has 1 rings (SSSR count). The molecule has 0 aliphatic carbocycles. The largest absolute Gasteiger partial charge is 0.493 e. The summed E-state index contributed by atoms with van der Waals surface area (Å²) < 4.78 is 1.59. The van der Waals surface area contributed by atoms with Gasteiger partial charge < -0.3 is 5.11 Å². The molecule has 0 aliphatic rings. The van der Waals surface area contributed by atoms with E-state index in [1.165, 1.54) is 0 Å². The molecule has 0 saturated heterocycles. The van der Waals surface area contributed by atoms with Crippen LogP contribution in [0.5, 0.6) is 5.88 Å². The molecule has 10 heavy (non-hydrogen) atoms. The molecule has 0 amide bonds. The summed E-state index contributed by atoms with van der Waals surface area (Å²) in [7, 11) is 0. The Kier molecular flexibility index (Phi) is 1.66. The van der Waals surface area contributed by atoms with Crippen molar-refractivity contribution in [3.05, 3.63) is 11.8 Å². The summed E-state index contributed by atoms with van der Waals surface area (Å²) in [4.78, 5) is 0. The Bertz CT molecular complexity index is 228. The first-order valence-electron chi connectivity index (χ1n) is 3.36. The van der Waals surface area contributed by atoms with E-state index >= 15 is 0 Å². The summed E-state index contributed by atoms with van der Waals surface area (Å²) in [6, 6.07) is 0.230. The van der Waals surface area contributed by atoms with Crippen molar-refractivity contribution < 1.29 is 5.11 Å². The molecule has 0 atom stereocenters. The van der Waals surface area contributed by atoms with Gasteiger partial charge in [0.25, 0.3) is 0 Å². The van der Waals surface area contributed by atoms with Gasteiger partial charge in [0.2, 0.25) is 5.88 Å². The number of aromatic hydroxyl groups is 1. The molecular weight excluding hydrogens is 128 g/mol. The molecule has 0 radical (unpaired) electrons. The lowest BCUT2D eigenvalue weighted by Gasteiger charge is -2.05. The molecule has 0 saturated carbocycles. The van der Waals surface area contributed by atoms with Crippen molar-refractivity contribution in [1.29, 1.82) is 0 Å². The van der Waals surface area contributed by atoms with Crippen LogP contribution in [0.3, 0.4) is 0 Å². The molecule has 1 heterocycles. The van der Waals surface area contributed by atoms with Crippen LogP contribution in [0.2, 0.25) is 0 Å². The lowest BCUT2D eigenvalue weighted by atomic mass is 10.4. The predicted octanol–water partition coefficient (Wildman–Crippen LogP) is 1.48. The summed E-state index contributed by atoms with van der Waals surface area (Å²) in [5.41, 5.74) is 0.828. The molecule has 0 bridgehead atoms. The number of rotatable bonds is 1. The zero-order valence-electron chi connectivity index (χ0n) is 6.50. The van der Waals surface area contributed by atoms with Crippen LogP contribution < -0.4 is 0 Å². The molecule has 3 nitrogen and oxygen atoms in total. The maximum absolute atomic E-state index is 9.31. The normalized spacial score (nSPS) is 10.8. The van der Waals surface area contributed by atoms with Crippen LogP contribution in [0.4, 0.5) is 0 Å². The fourth-order valence-corrected chi connectivity index (χ4v) is 0.820. The second kappa shape index (κ2) is 2.33. The minimum atomic E-state index is 0.230. The maximum Gasteiger partial charge on any atom is 0.212 e. The first kappa shape index (κ1) is 7.12. The predicted molar refractivity (Wildman–Crippen MR) is 39.0 cm³/mol. The number of aromatic nitrogens is 2. The summed E-state index contributed by atoms with van der Waals surface area (Å²) in [6.45, 7) is 5.79. The van der Waals surface area contributed by atoms with Crippen molar-refractivity contribution in [2.75, 3.05) is 0 Å². The zero-order chi connectivity index (χ0) is 7.72. The Morgan fingerprint density at radius 1 is 1.60 bits per heavy atom. The van der Waals surface area contributed by atoms with Crippen LogP contribution in [0, 0.1) is 6.92 Å². The Balaban J connectivity index is 3.05. The minimum absolute atomic E-state index is 0.230. The van der Waals surface area contributed by atoms with Crippen LogP contribution in [0.1, 0.15) is 25.5 Å². The smallest absolute Gasteiger partial charge is 0.212 e. The van der Waals surface area contributed by atoms with Crippen LogP contribution in [0.25, 0.3) is 0 Å². The van der Waals surface area contributed by atoms with E-state index in [0.717, 1.165) is 5.56 Å². The Morgan fingerprint density at radius 2 is 2.20 bits per heavy atom. The molecule has 1 N–H and O–H groups in total. The molecule has 1 aromatic rings. The van der Waals surface area contributed by atoms with Gasteiger partial charge in [-0.05, 0) is 20.8 Å². The molecular formula is C7H12N2O. The van der Waals surface area contributed by atoms with E-state index in [1.54, 1.807) is 10.9 Å².